The summed E-state index contributed by atoms with van der Waals surface area (Å²) < 4.78 is 4.37. The summed E-state index contributed by atoms with van der Waals surface area (Å²) in [7, 11) is 1.88. The maximum absolute atomic E-state index is 6.20. The first-order valence-corrected chi connectivity index (χ1v) is 9.09. The van der Waals surface area contributed by atoms with E-state index < -0.39 is 0 Å². The molecule has 0 aliphatic heterocycles. The lowest BCUT2D eigenvalue weighted by molar-refractivity contribution is 0.689. The number of aromatic nitrogens is 4. The summed E-state index contributed by atoms with van der Waals surface area (Å²) in [5, 5.41) is 16.2. The van der Waals surface area contributed by atoms with Crippen LogP contribution in [0.25, 0.3) is 0 Å². The highest BCUT2D eigenvalue weighted by Gasteiger charge is 2.10. The van der Waals surface area contributed by atoms with Gasteiger partial charge >= 0.3 is 0 Å². The first kappa shape index (κ1) is 17.9. The first-order valence-electron chi connectivity index (χ1n) is 7.51. The van der Waals surface area contributed by atoms with Gasteiger partial charge in [0.15, 0.2) is 10.9 Å². The Labute approximate surface area is 164 Å². The maximum atomic E-state index is 6.20. The van der Waals surface area contributed by atoms with E-state index in [0.717, 1.165) is 20.8 Å². The number of hydrogen-bond acceptors (Lipinski definition) is 3. The smallest absolute Gasteiger partial charge is 0.172 e. The van der Waals surface area contributed by atoms with E-state index in [0.29, 0.717) is 24.0 Å². The topological polar surface area (TPSA) is 59.7 Å². The zero-order valence-electron chi connectivity index (χ0n) is 13.4. The van der Waals surface area contributed by atoms with Gasteiger partial charge in [0.05, 0.1) is 23.3 Å². The highest BCUT2D eigenvalue weighted by molar-refractivity contribution is 9.10. The second kappa shape index (κ2) is 7.99. The molecule has 6 nitrogen and oxygen atoms in total. The number of anilines is 1. The summed E-state index contributed by atoms with van der Waals surface area (Å²) in [5.41, 5.74) is 1.91. The minimum Gasteiger partial charge on any atom is -0.357 e. The number of thiocarbonyl (C=S) groups is 1. The van der Waals surface area contributed by atoms with Crippen molar-refractivity contribution >= 4 is 50.7 Å². The van der Waals surface area contributed by atoms with Gasteiger partial charge in [0.1, 0.15) is 0 Å². The van der Waals surface area contributed by atoms with Crippen LogP contribution in [-0.2, 0) is 20.1 Å². The van der Waals surface area contributed by atoms with Crippen molar-refractivity contribution in [3.05, 3.63) is 63.5 Å². The van der Waals surface area contributed by atoms with E-state index >= 15 is 0 Å². The quantitative estimate of drug-likeness (QED) is 0.595. The molecule has 0 saturated carbocycles. The number of benzene rings is 1. The molecular weight excluding hydrogens is 424 g/mol. The number of aryl methyl sites for hydroxylation is 1. The Morgan fingerprint density at radius 3 is 2.80 bits per heavy atom. The molecule has 0 aliphatic rings. The Morgan fingerprint density at radius 1 is 1.28 bits per heavy atom. The molecule has 3 rings (SSSR count). The summed E-state index contributed by atoms with van der Waals surface area (Å²) in [4.78, 5) is 0. The van der Waals surface area contributed by atoms with Crippen LogP contribution in [0.3, 0.4) is 0 Å². The van der Waals surface area contributed by atoms with Crippen molar-refractivity contribution in [2.75, 3.05) is 5.32 Å². The lowest BCUT2D eigenvalue weighted by Crippen LogP contribution is -2.28. The number of nitrogens with one attached hydrogen (secondary N) is 2. The molecule has 9 heteroatoms. The molecule has 0 bridgehead atoms. The van der Waals surface area contributed by atoms with Crippen molar-refractivity contribution in [3.63, 3.8) is 0 Å². The number of nitrogens with zero attached hydrogens (tertiary/aromatic N) is 4. The zero-order valence-corrected chi connectivity index (χ0v) is 16.6. The van der Waals surface area contributed by atoms with E-state index in [2.05, 4.69) is 36.8 Å². The van der Waals surface area contributed by atoms with Gasteiger partial charge in [-0.05, 0) is 45.8 Å². The van der Waals surface area contributed by atoms with E-state index in [1.807, 2.05) is 49.8 Å². The van der Waals surface area contributed by atoms with E-state index in [-0.39, 0.29) is 0 Å². The van der Waals surface area contributed by atoms with E-state index in [9.17, 15) is 0 Å². The molecule has 3 aromatic rings. The molecule has 0 fully saturated rings. The second-order valence-electron chi connectivity index (χ2n) is 5.40. The molecule has 0 aliphatic carbocycles. The molecular formula is C16H16BrClN6S. The molecule has 130 valence electrons. The minimum absolute atomic E-state index is 0.481. The molecule has 0 spiro atoms. The van der Waals surface area contributed by atoms with Gasteiger partial charge in [-0.2, -0.15) is 10.2 Å². The van der Waals surface area contributed by atoms with Crippen molar-refractivity contribution in [2.45, 2.75) is 13.1 Å². The fraction of sp³-hybridized carbons (Fsp3) is 0.188. The molecule has 0 unspecified atom stereocenters. The van der Waals surface area contributed by atoms with Crippen LogP contribution >= 0.6 is 39.7 Å². The van der Waals surface area contributed by atoms with Crippen molar-refractivity contribution in [3.8, 4) is 0 Å². The van der Waals surface area contributed by atoms with Gasteiger partial charge in [0.2, 0.25) is 0 Å². The van der Waals surface area contributed by atoms with Crippen LogP contribution in [0.2, 0.25) is 5.02 Å². The van der Waals surface area contributed by atoms with Crippen LogP contribution in [0.1, 0.15) is 11.3 Å². The Balaban J connectivity index is 1.60. The third-order valence-electron chi connectivity index (χ3n) is 3.44. The average Bonchev–Trinajstić information content (AvgIpc) is 3.14. The van der Waals surface area contributed by atoms with Gasteiger partial charge < -0.3 is 10.6 Å². The molecule has 25 heavy (non-hydrogen) atoms. The molecule has 1 aromatic carbocycles. The molecule has 0 amide bonds. The lowest BCUT2D eigenvalue weighted by Gasteiger charge is -2.08. The fourth-order valence-corrected chi connectivity index (χ4v) is 3.02. The predicted molar refractivity (Wildman–Crippen MR) is 107 cm³/mol. The lowest BCUT2D eigenvalue weighted by atomic mass is 10.2. The predicted octanol–water partition coefficient (Wildman–Crippen LogP) is 3.57. The number of halogens is 2. The van der Waals surface area contributed by atoms with Gasteiger partial charge in [-0.1, -0.05) is 29.8 Å². The molecule has 0 saturated heterocycles. The third kappa shape index (κ3) is 4.81. The van der Waals surface area contributed by atoms with Crippen LogP contribution in [0.4, 0.5) is 5.82 Å². The summed E-state index contributed by atoms with van der Waals surface area (Å²) in [5.74, 6) is 0.644. The van der Waals surface area contributed by atoms with E-state index in [1.54, 1.807) is 9.36 Å². The van der Waals surface area contributed by atoms with E-state index in [4.69, 9.17) is 23.8 Å². The van der Waals surface area contributed by atoms with Crippen molar-refractivity contribution in [1.29, 1.82) is 0 Å². The van der Waals surface area contributed by atoms with E-state index in [1.165, 1.54) is 0 Å². The normalized spacial score (nSPS) is 10.7. The Hall–Kier alpha value is -1.90. The molecule has 2 N–H and O–H groups in total. The van der Waals surface area contributed by atoms with Gasteiger partial charge in [0.25, 0.3) is 0 Å². The Morgan fingerprint density at radius 2 is 2.08 bits per heavy atom. The monoisotopic (exact) mass is 438 g/mol. The van der Waals surface area contributed by atoms with Crippen LogP contribution in [-0.4, -0.2) is 24.7 Å². The van der Waals surface area contributed by atoms with Crippen molar-refractivity contribution < 1.29 is 0 Å². The molecule has 0 radical (unpaired) electrons. The Kier molecular flexibility index (Phi) is 5.72. The van der Waals surface area contributed by atoms with Gasteiger partial charge in [-0.25, -0.2) is 0 Å². The summed E-state index contributed by atoms with van der Waals surface area (Å²) in [6.45, 7) is 1.12. The molecule has 0 atom stereocenters. The largest absolute Gasteiger partial charge is 0.357 e. The third-order valence-corrected chi connectivity index (χ3v) is 4.63. The second-order valence-corrected chi connectivity index (χ2v) is 7.07. The average molecular weight is 440 g/mol. The number of rotatable bonds is 5. The summed E-state index contributed by atoms with van der Waals surface area (Å²) >= 11 is 15.0. The summed E-state index contributed by atoms with van der Waals surface area (Å²) in [6.07, 6.45) is 3.77. The Bertz CT molecular complexity index is 890. The zero-order chi connectivity index (χ0) is 17.8. The highest BCUT2D eigenvalue weighted by Crippen LogP contribution is 2.22. The highest BCUT2D eigenvalue weighted by atomic mass is 79.9. The maximum Gasteiger partial charge on any atom is 0.172 e. The van der Waals surface area contributed by atoms with Crippen molar-refractivity contribution in [1.82, 2.24) is 24.9 Å². The van der Waals surface area contributed by atoms with Crippen LogP contribution in [0.15, 0.2) is 47.2 Å². The fourth-order valence-electron chi connectivity index (χ4n) is 2.24. The SMILES string of the molecule is Cn1ccc(CNC(=S)Nc2nn(Cc3ccccc3Cl)cc2Br)n1. The van der Waals surface area contributed by atoms with Gasteiger partial charge in [0, 0.05) is 24.5 Å². The number of hydrogen-bond donors (Lipinski definition) is 2. The van der Waals surface area contributed by atoms with Crippen LogP contribution in [0.5, 0.6) is 0 Å². The van der Waals surface area contributed by atoms with Crippen LogP contribution in [0, 0.1) is 0 Å². The van der Waals surface area contributed by atoms with Gasteiger partial charge in [-0.3, -0.25) is 9.36 Å². The van der Waals surface area contributed by atoms with Crippen molar-refractivity contribution in [2.24, 2.45) is 7.05 Å². The standard InChI is InChI=1S/C16H16BrClN6S/c1-23-7-6-12(21-23)8-19-16(25)20-15-13(17)10-24(22-15)9-11-4-2-3-5-14(11)18/h2-7,10H,8-9H2,1H3,(H2,19,20,22,25). The molecule has 2 aromatic heterocycles. The summed E-state index contributed by atoms with van der Waals surface area (Å²) in [6, 6.07) is 9.64. The minimum atomic E-state index is 0.481. The molecule has 2 heterocycles. The van der Waals surface area contributed by atoms with Crippen LogP contribution < -0.4 is 10.6 Å². The first-order chi connectivity index (χ1) is 12.0. The van der Waals surface area contributed by atoms with Gasteiger partial charge in [-0.15, -0.1) is 0 Å².